The Morgan fingerprint density at radius 2 is 2.05 bits per heavy atom. The lowest BCUT2D eigenvalue weighted by atomic mass is 9.93. The molecule has 2 aromatic rings. The van der Waals surface area contributed by atoms with Crippen LogP contribution in [0.5, 0.6) is 0 Å². The standard InChI is InChI=1S/C16H22Cl2N4/c1-19-5-2-12-3-6-21(7-4-12)10-14-11-22-9-13(17)8-15(18)16(22)20-14/h8-9,11-12,19H,2-7,10H2,1H3. The first-order chi connectivity index (χ1) is 10.7. The second-order valence-electron chi connectivity index (χ2n) is 6.08. The molecule has 4 nitrogen and oxygen atoms in total. The molecule has 0 radical (unpaired) electrons. The molecule has 0 aliphatic carbocycles. The molecule has 0 atom stereocenters. The predicted octanol–water partition coefficient (Wildman–Crippen LogP) is 3.46. The van der Waals surface area contributed by atoms with Crippen molar-refractivity contribution in [3.8, 4) is 0 Å². The number of nitrogens with zero attached hydrogens (tertiary/aromatic N) is 3. The number of piperidine rings is 1. The van der Waals surface area contributed by atoms with Crippen LogP contribution >= 0.6 is 23.2 Å². The summed E-state index contributed by atoms with van der Waals surface area (Å²) in [5, 5.41) is 4.47. The Balaban J connectivity index is 1.61. The van der Waals surface area contributed by atoms with Gasteiger partial charge in [-0.05, 0) is 57.9 Å². The van der Waals surface area contributed by atoms with E-state index in [2.05, 4.69) is 15.2 Å². The lowest BCUT2D eigenvalue weighted by Gasteiger charge is -2.31. The van der Waals surface area contributed by atoms with E-state index in [9.17, 15) is 0 Å². The summed E-state index contributed by atoms with van der Waals surface area (Å²) in [6.45, 7) is 4.30. The third-order valence-corrected chi connectivity index (χ3v) is 4.90. The Morgan fingerprint density at radius 3 is 2.77 bits per heavy atom. The minimum absolute atomic E-state index is 0.601. The lowest BCUT2D eigenvalue weighted by Crippen LogP contribution is -2.34. The highest BCUT2D eigenvalue weighted by atomic mass is 35.5. The van der Waals surface area contributed by atoms with Gasteiger partial charge in [0.1, 0.15) is 0 Å². The van der Waals surface area contributed by atoms with Crippen molar-refractivity contribution in [1.29, 1.82) is 0 Å². The van der Waals surface area contributed by atoms with Crippen molar-refractivity contribution >= 4 is 28.8 Å². The number of nitrogens with one attached hydrogen (secondary N) is 1. The summed E-state index contributed by atoms with van der Waals surface area (Å²) in [6, 6.07) is 1.74. The zero-order chi connectivity index (χ0) is 15.5. The number of halogens is 2. The minimum Gasteiger partial charge on any atom is -0.320 e. The largest absolute Gasteiger partial charge is 0.320 e. The molecule has 0 amide bonds. The van der Waals surface area contributed by atoms with Crippen LogP contribution in [0.1, 0.15) is 25.0 Å². The van der Waals surface area contributed by atoms with Gasteiger partial charge in [0.25, 0.3) is 0 Å². The second-order valence-corrected chi connectivity index (χ2v) is 6.92. The fourth-order valence-corrected chi connectivity index (χ4v) is 3.69. The lowest BCUT2D eigenvalue weighted by molar-refractivity contribution is 0.171. The highest BCUT2D eigenvalue weighted by molar-refractivity contribution is 6.36. The van der Waals surface area contributed by atoms with Crippen molar-refractivity contribution in [3.63, 3.8) is 0 Å². The highest BCUT2D eigenvalue weighted by Gasteiger charge is 2.19. The number of hydrogen-bond acceptors (Lipinski definition) is 3. The maximum atomic E-state index is 6.20. The van der Waals surface area contributed by atoms with Crippen LogP contribution in [0, 0.1) is 5.92 Å². The van der Waals surface area contributed by atoms with Gasteiger partial charge >= 0.3 is 0 Å². The first kappa shape index (κ1) is 16.1. The molecule has 1 aliphatic heterocycles. The van der Waals surface area contributed by atoms with E-state index in [1.54, 1.807) is 6.07 Å². The molecule has 22 heavy (non-hydrogen) atoms. The van der Waals surface area contributed by atoms with Crippen LogP contribution in [-0.4, -0.2) is 41.0 Å². The molecule has 0 saturated carbocycles. The Morgan fingerprint density at radius 1 is 1.27 bits per heavy atom. The third kappa shape index (κ3) is 3.74. The Labute approximate surface area is 141 Å². The molecular formula is C16H22Cl2N4. The minimum atomic E-state index is 0.601. The van der Waals surface area contributed by atoms with E-state index in [1.165, 1.54) is 19.3 Å². The molecule has 3 rings (SSSR count). The fourth-order valence-electron chi connectivity index (χ4n) is 3.16. The number of likely N-dealkylation sites (tertiary alicyclic amines) is 1. The summed E-state index contributed by atoms with van der Waals surface area (Å²) in [7, 11) is 2.02. The van der Waals surface area contributed by atoms with Crippen molar-refractivity contribution in [2.24, 2.45) is 5.92 Å². The molecule has 0 spiro atoms. The molecule has 1 fully saturated rings. The van der Waals surface area contributed by atoms with Crippen molar-refractivity contribution in [2.75, 3.05) is 26.7 Å². The normalized spacial score (nSPS) is 17.4. The van der Waals surface area contributed by atoms with E-state index >= 15 is 0 Å². The van der Waals surface area contributed by atoms with Crippen LogP contribution in [-0.2, 0) is 6.54 Å². The number of pyridine rings is 1. The van der Waals surface area contributed by atoms with Gasteiger partial charge in [0.15, 0.2) is 5.65 Å². The van der Waals surface area contributed by atoms with Crippen molar-refractivity contribution in [3.05, 3.63) is 34.2 Å². The summed E-state index contributed by atoms with van der Waals surface area (Å²) in [4.78, 5) is 7.12. The summed E-state index contributed by atoms with van der Waals surface area (Å²) in [6.07, 6.45) is 7.72. The number of rotatable bonds is 5. The molecule has 0 aromatic carbocycles. The average Bonchev–Trinajstić information content (AvgIpc) is 2.89. The van der Waals surface area contributed by atoms with E-state index in [0.717, 1.165) is 43.4 Å². The van der Waals surface area contributed by atoms with E-state index in [-0.39, 0.29) is 0 Å². The zero-order valence-electron chi connectivity index (χ0n) is 12.9. The number of fused-ring (bicyclic) bond motifs is 1. The molecular weight excluding hydrogens is 319 g/mol. The van der Waals surface area contributed by atoms with Gasteiger partial charge in [-0.25, -0.2) is 4.98 Å². The summed E-state index contributed by atoms with van der Waals surface area (Å²) in [5.41, 5.74) is 1.84. The Hall–Kier alpha value is -0.810. The van der Waals surface area contributed by atoms with Gasteiger partial charge in [-0.15, -0.1) is 0 Å². The molecule has 0 unspecified atom stereocenters. The molecule has 1 saturated heterocycles. The van der Waals surface area contributed by atoms with Gasteiger partial charge in [-0.1, -0.05) is 23.2 Å². The number of hydrogen-bond donors (Lipinski definition) is 1. The van der Waals surface area contributed by atoms with Crippen molar-refractivity contribution in [1.82, 2.24) is 19.6 Å². The monoisotopic (exact) mass is 340 g/mol. The molecule has 1 aliphatic rings. The van der Waals surface area contributed by atoms with Crippen LogP contribution in [0.2, 0.25) is 10.0 Å². The molecule has 2 aromatic heterocycles. The van der Waals surface area contributed by atoms with Crippen LogP contribution in [0.3, 0.4) is 0 Å². The second kappa shape index (κ2) is 7.18. The molecule has 0 bridgehead atoms. The van der Waals surface area contributed by atoms with Crippen LogP contribution in [0.25, 0.3) is 5.65 Å². The average molecular weight is 341 g/mol. The smallest absolute Gasteiger partial charge is 0.156 e. The van der Waals surface area contributed by atoms with Gasteiger partial charge in [-0.2, -0.15) is 0 Å². The summed E-state index contributed by atoms with van der Waals surface area (Å²) >= 11 is 12.2. The molecule has 3 heterocycles. The third-order valence-electron chi connectivity index (χ3n) is 4.42. The molecule has 120 valence electrons. The van der Waals surface area contributed by atoms with Gasteiger partial charge in [0, 0.05) is 18.9 Å². The van der Waals surface area contributed by atoms with E-state index in [0.29, 0.717) is 10.0 Å². The maximum Gasteiger partial charge on any atom is 0.156 e. The number of aromatic nitrogens is 2. The fraction of sp³-hybridized carbons (Fsp3) is 0.562. The van der Waals surface area contributed by atoms with E-state index in [1.807, 2.05) is 23.8 Å². The van der Waals surface area contributed by atoms with Gasteiger partial charge in [0.05, 0.1) is 15.7 Å². The zero-order valence-corrected chi connectivity index (χ0v) is 14.4. The first-order valence-corrected chi connectivity index (χ1v) is 8.61. The Kier molecular flexibility index (Phi) is 5.24. The summed E-state index contributed by atoms with van der Waals surface area (Å²) < 4.78 is 1.92. The van der Waals surface area contributed by atoms with Crippen LogP contribution in [0.15, 0.2) is 18.5 Å². The van der Waals surface area contributed by atoms with Gasteiger partial charge in [0.2, 0.25) is 0 Å². The topological polar surface area (TPSA) is 32.6 Å². The summed E-state index contributed by atoms with van der Waals surface area (Å²) in [5.74, 6) is 0.859. The SMILES string of the molecule is CNCCC1CCN(Cc2cn3cc(Cl)cc(Cl)c3n2)CC1. The van der Waals surface area contributed by atoms with Gasteiger partial charge in [-0.3, -0.25) is 4.90 Å². The molecule has 1 N–H and O–H groups in total. The van der Waals surface area contributed by atoms with Crippen molar-refractivity contribution in [2.45, 2.75) is 25.8 Å². The Bertz CT molecular complexity index is 632. The molecule has 6 heteroatoms. The van der Waals surface area contributed by atoms with E-state index < -0.39 is 0 Å². The van der Waals surface area contributed by atoms with Crippen molar-refractivity contribution < 1.29 is 0 Å². The first-order valence-electron chi connectivity index (χ1n) is 7.85. The van der Waals surface area contributed by atoms with Crippen LogP contribution < -0.4 is 5.32 Å². The number of imidazole rings is 1. The maximum absolute atomic E-state index is 6.20. The predicted molar refractivity (Wildman–Crippen MR) is 91.8 cm³/mol. The van der Waals surface area contributed by atoms with Gasteiger partial charge < -0.3 is 9.72 Å². The highest BCUT2D eigenvalue weighted by Crippen LogP contribution is 2.24. The quantitative estimate of drug-likeness (QED) is 0.904. The van der Waals surface area contributed by atoms with Crippen LogP contribution in [0.4, 0.5) is 0 Å². The van der Waals surface area contributed by atoms with E-state index in [4.69, 9.17) is 23.2 Å².